The van der Waals surface area contributed by atoms with Crippen molar-refractivity contribution in [2.24, 2.45) is 10.7 Å². The van der Waals surface area contributed by atoms with E-state index < -0.39 is 5.54 Å². The number of hydrogen-bond acceptors (Lipinski definition) is 2. The average Bonchev–Trinajstić information content (AvgIpc) is 2.11. The Bertz CT molecular complexity index is 341. The number of nitrogens with zero attached hydrogens (tertiary/aromatic N) is 3. The van der Waals surface area contributed by atoms with E-state index in [4.69, 9.17) is 5.73 Å². The Morgan fingerprint density at radius 1 is 1.35 bits per heavy atom. The quantitative estimate of drug-likeness (QED) is 0.499. The maximum atomic E-state index is 12.1. The van der Waals surface area contributed by atoms with Crippen molar-refractivity contribution < 1.29 is 4.79 Å². The van der Waals surface area contributed by atoms with Crippen molar-refractivity contribution in [3.63, 3.8) is 0 Å². The fraction of sp³-hybridized carbons (Fsp3) is 0.833. The largest absolute Gasteiger partial charge is 0.370 e. The maximum Gasteiger partial charge on any atom is 0.247 e. The molecule has 2 N–H and O–H groups in total. The molecule has 0 saturated carbocycles. The monoisotopic (exact) mass is 240 g/mol. The normalized spacial score (nSPS) is 22.0. The number of piperazine rings is 1. The molecule has 1 saturated heterocycles. The molecule has 0 radical (unpaired) electrons. The van der Waals surface area contributed by atoms with Crippen molar-refractivity contribution in [3.8, 4) is 0 Å². The predicted octanol–water partition coefficient (Wildman–Crippen LogP) is 0.652. The van der Waals surface area contributed by atoms with E-state index >= 15 is 0 Å². The van der Waals surface area contributed by atoms with Crippen molar-refractivity contribution in [1.82, 2.24) is 9.80 Å². The zero-order chi connectivity index (χ0) is 13.4. The molecule has 1 heterocycles. The molecule has 98 valence electrons. The van der Waals surface area contributed by atoms with Crippen LogP contribution < -0.4 is 5.73 Å². The molecule has 0 aromatic rings. The molecule has 0 spiro atoms. The van der Waals surface area contributed by atoms with Gasteiger partial charge in [0.15, 0.2) is 5.96 Å². The molecule has 5 heteroatoms. The molecule has 0 aromatic carbocycles. The third-order valence-electron chi connectivity index (χ3n) is 2.93. The van der Waals surface area contributed by atoms with Gasteiger partial charge in [0.05, 0.1) is 5.54 Å². The molecule has 1 fully saturated rings. The second-order valence-corrected chi connectivity index (χ2v) is 6.08. The van der Waals surface area contributed by atoms with Crippen LogP contribution in [-0.2, 0) is 4.79 Å². The zero-order valence-electron chi connectivity index (χ0n) is 11.7. The third-order valence-corrected chi connectivity index (χ3v) is 2.93. The highest BCUT2D eigenvalue weighted by molar-refractivity contribution is 5.92. The van der Waals surface area contributed by atoms with Crippen LogP contribution in [0.2, 0.25) is 0 Å². The second-order valence-electron chi connectivity index (χ2n) is 6.08. The molecule has 1 amide bonds. The SMILES string of the molecule is CN1CCN(C(N)=NC(C)(C)C)C(C)(C)C1=O. The zero-order valence-corrected chi connectivity index (χ0v) is 11.7. The lowest BCUT2D eigenvalue weighted by molar-refractivity contribution is -0.143. The van der Waals surface area contributed by atoms with Gasteiger partial charge in [-0.15, -0.1) is 0 Å². The first-order chi connectivity index (χ1) is 7.55. The van der Waals surface area contributed by atoms with Gasteiger partial charge in [0, 0.05) is 20.1 Å². The summed E-state index contributed by atoms with van der Waals surface area (Å²) in [5.41, 5.74) is 5.17. The molecule has 0 aliphatic carbocycles. The highest BCUT2D eigenvalue weighted by Crippen LogP contribution is 2.22. The highest BCUT2D eigenvalue weighted by atomic mass is 16.2. The number of hydrogen-bond donors (Lipinski definition) is 1. The van der Waals surface area contributed by atoms with Gasteiger partial charge in [-0.2, -0.15) is 0 Å². The van der Waals surface area contributed by atoms with Gasteiger partial charge in [-0.1, -0.05) is 0 Å². The fourth-order valence-corrected chi connectivity index (χ4v) is 2.02. The van der Waals surface area contributed by atoms with Crippen LogP contribution in [0.5, 0.6) is 0 Å². The molecule has 0 atom stereocenters. The molecule has 1 aliphatic heterocycles. The number of amides is 1. The molecule has 1 aliphatic rings. The van der Waals surface area contributed by atoms with Gasteiger partial charge in [0.1, 0.15) is 5.54 Å². The van der Waals surface area contributed by atoms with Crippen LogP contribution in [0.4, 0.5) is 0 Å². The van der Waals surface area contributed by atoms with E-state index in [9.17, 15) is 4.79 Å². The van der Waals surface area contributed by atoms with Crippen LogP contribution in [0.1, 0.15) is 34.6 Å². The van der Waals surface area contributed by atoms with E-state index in [0.29, 0.717) is 12.5 Å². The van der Waals surface area contributed by atoms with Crippen LogP contribution >= 0.6 is 0 Å². The van der Waals surface area contributed by atoms with Gasteiger partial charge in [0.25, 0.3) is 0 Å². The van der Waals surface area contributed by atoms with E-state index in [0.717, 1.165) is 6.54 Å². The first kappa shape index (κ1) is 13.8. The summed E-state index contributed by atoms with van der Waals surface area (Å²) in [5.74, 6) is 0.528. The number of aliphatic imine (C=N–C) groups is 1. The van der Waals surface area contributed by atoms with E-state index in [1.54, 1.807) is 4.90 Å². The van der Waals surface area contributed by atoms with E-state index in [1.807, 2.05) is 46.6 Å². The Kier molecular flexibility index (Phi) is 3.41. The van der Waals surface area contributed by atoms with Crippen molar-refractivity contribution in [2.45, 2.75) is 45.7 Å². The van der Waals surface area contributed by atoms with Crippen LogP contribution in [0.3, 0.4) is 0 Å². The number of guanidine groups is 1. The van der Waals surface area contributed by atoms with Gasteiger partial charge >= 0.3 is 0 Å². The summed E-state index contributed by atoms with van der Waals surface area (Å²) in [6.45, 7) is 11.1. The number of rotatable bonds is 0. The second kappa shape index (κ2) is 4.20. The van der Waals surface area contributed by atoms with Gasteiger partial charge in [-0.3, -0.25) is 4.79 Å². The molecule has 17 heavy (non-hydrogen) atoms. The molecule has 0 bridgehead atoms. The number of carbonyl (C=O) groups excluding carboxylic acids is 1. The topological polar surface area (TPSA) is 61.9 Å². The fourth-order valence-electron chi connectivity index (χ4n) is 2.02. The minimum Gasteiger partial charge on any atom is -0.370 e. The van der Waals surface area contributed by atoms with Crippen molar-refractivity contribution in [1.29, 1.82) is 0 Å². The van der Waals surface area contributed by atoms with Crippen LogP contribution in [0.25, 0.3) is 0 Å². The van der Waals surface area contributed by atoms with Gasteiger partial charge < -0.3 is 15.5 Å². The summed E-state index contributed by atoms with van der Waals surface area (Å²) in [6, 6.07) is 0. The first-order valence-corrected chi connectivity index (χ1v) is 5.94. The summed E-state index contributed by atoms with van der Waals surface area (Å²) < 4.78 is 0. The number of nitrogens with two attached hydrogens (primary N) is 1. The third kappa shape index (κ3) is 2.90. The maximum absolute atomic E-state index is 12.1. The number of likely N-dealkylation sites (N-methyl/N-ethyl adjacent to an activating group) is 1. The molecule has 5 nitrogen and oxygen atoms in total. The van der Waals surface area contributed by atoms with Gasteiger partial charge in [-0.05, 0) is 34.6 Å². The van der Waals surface area contributed by atoms with E-state index in [1.165, 1.54) is 0 Å². The van der Waals surface area contributed by atoms with Crippen molar-refractivity contribution >= 4 is 11.9 Å². The first-order valence-electron chi connectivity index (χ1n) is 5.94. The molecule has 0 aromatic heterocycles. The Hall–Kier alpha value is -1.26. The molecule has 1 rings (SSSR count). The minimum absolute atomic E-state index is 0.0795. The lowest BCUT2D eigenvalue weighted by Crippen LogP contribution is -2.65. The lowest BCUT2D eigenvalue weighted by atomic mass is 9.98. The standard InChI is InChI=1S/C12H24N4O/c1-11(2,3)14-10(13)16-8-7-15(6)9(17)12(16,4)5/h7-8H2,1-6H3,(H2,13,14). The van der Waals surface area contributed by atoms with Crippen LogP contribution in [-0.4, -0.2) is 52.9 Å². The van der Waals surface area contributed by atoms with Crippen molar-refractivity contribution in [3.05, 3.63) is 0 Å². The predicted molar refractivity (Wildman–Crippen MR) is 69.8 cm³/mol. The minimum atomic E-state index is -0.619. The lowest BCUT2D eigenvalue weighted by Gasteiger charge is -2.45. The summed E-state index contributed by atoms with van der Waals surface area (Å²) in [5, 5.41) is 0. The van der Waals surface area contributed by atoms with Gasteiger partial charge in [0.2, 0.25) is 5.91 Å². The Morgan fingerprint density at radius 2 is 1.88 bits per heavy atom. The van der Waals surface area contributed by atoms with Gasteiger partial charge in [-0.25, -0.2) is 4.99 Å². The van der Waals surface area contributed by atoms with E-state index in [2.05, 4.69) is 4.99 Å². The Labute approximate surface area is 104 Å². The summed E-state index contributed by atoms with van der Waals surface area (Å²) in [6.07, 6.45) is 0. The highest BCUT2D eigenvalue weighted by Gasteiger charge is 2.41. The molecular weight excluding hydrogens is 216 g/mol. The van der Waals surface area contributed by atoms with Crippen LogP contribution in [0, 0.1) is 0 Å². The summed E-state index contributed by atoms with van der Waals surface area (Å²) in [7, 11) is 1.82. The number of carbonyl (C=O) groups is 1. The Balaban J connectivity index is 2.99. The summed E-state index contributed by atoms with van der Waals surface area (Å²) >= 11 is 0. The van der Waals surface area contributed by atoms with E-state index in [-0.39, 0.29) is 11.4 Å². The summed E-state index contributed by atoms with van der Waals surface area (Å²) in [4.78, 5) is 20.2. The van der Waals surface area contributed by atoms with Crippen molar-refractivity contribution in [2.75, 3.05) is 20.1 Å². The Morgan fingerprint density at radius 3 is 2.35 bits per heavy atom. The average molecular weight is 240 g/mol. The smallest absolute Gasteiger partial charge is 0.247 e. The van der Waals surface area contributed by atoms with Crippen LogP contribution in [0.15, 0.2) is 4.99 Å². The molecular formula is C12H24N4O. The molecule has 0 unspecified atom stereocenters.